The second kappa shape index (κ2) is 6.43. The molecule has 1 amide bonds. The Morgan fingerprint density at radius 1 is 1.36 bits per heavy atom. The Kier molecular flexibility index (Phi) is 3.97. The Hall–Kier alpha value is -3.09. The van der Waals surface area contributed by atoms with Gasteiger partial charge in [0.1, 0.15) is 18.1 Å². The molecule has 1 fully saturated rings. The highest BCUT2D eigenvalue weighted by Crippen LogP contribution is 2.33. The number of hydrogen-bond acceptors (Lipinski definition) is 6. The van der Waals surface area contributed by atoms with E-state index in [0.29, 0.717) is 23.8 Å². The zero-order valence-corrected chi connectivity index (χ0v) is 13.7. The molecule has 7 nitrogen and oxygen atoms in total. The quantitative estimate of drug-likeness (QED) is 0.725. The lowest BCUT2D eigenvalue weighted by atomic mass is 10.2. The third-order valence-electron chi connectivity index (χ3n) is 4.34. The molecule has 4 rings (SSSR count). The first kappa shape index (κ1) is 15.4. The van der Waals surface area contributed by atoms with Gasteiger partial charge in [0.15, 0.2) is 0 Å². The van der Waals surface area contributed by atoms with Crippen molar-refractivity contribution in [1.29, 1.82) is 0 Å². The first-order valence-electron chi connectivity index (χ1n) is 8.07. The van der Waals surface area contributed by atoms with Crippen LogP contribution in [-0.4, -0.2) is 34.6 Å². The van der Waals surface area contributed by atoms with Gasteiger partial charge in [-0.1, -0.05) is 17.3 Å². The number of furan rings is 1. The summed E-state index contributed by atoms with van der Waals surface area (Å²) in [6.07, 6.45) is 4.63. The predicted molar refractivity (Wildman–Crippen MR) is 88.0 cm³/mol. The Balaban J connectivity index is 1.59. The summed E-state index contributed by atoms with van der Waals surface area (Å²) < 4.78 is 15.7. The third kappa shape index (κ3) is 2.88. The maximum Gasteiger partial charge on any atom is 0.257 e. The molecule has 0 aliphatic carbocycles. The van der Waals surface area contributed by atoms with E-state index in [1.807, 2.05) is 24.3 Å². The molecule has 1 atom stereocenters. The number of ether oxygens (including phenoxy) is 1. The molecule has 0 spiro atoms. The fourth-order valence-corrected chi connectivity index (χ4v) is 3.07. The number of likely N-dealkylation sites (tertiary alicyclic amines) is 1. The highest BCUT2D eigenvalue weighted by Gasteiger charge is 2.35. The SMILES string of the molecule is COc1cccc(-c2noc([C@H]3CCCN3C(=O)c3ccoc3)n2)c1. The van der Waals surface area contributed by atoms with Crippen LogP contribution < -0.4 is 4.74 Å². The largest absolute Gasteiger partial charge is 0.497 e. The molecule has 0 bridgehead atoms. The van der Waals surface area contributed by atoms with E-state index < -0.39 is 0 Å². The number of amides is 1. The Bertz CT molecular complexity index is 872. The van der Waals surface area contributed by atoms with Gasteiger partial charge in [-0.2, -0.15) is 4.98 Å². The van der Waals surface area contributed by atoms with E-state index >= 15 is 0 Å². The minimum Gasteiger partial charge on any atom is -0.497 e. The number of nitrogens with zero attached hydrogens (tertiary/aromatic N) is 3. The van der Waals surface area contributed by atoms with Gasteiger partial charge in [0.25, 0.3) is 5.91 Å². The van der Waals surface area contributed by atoms with Crippen molar-refractivity contribution in [1.82, 2.24) is 15.0 Å². The molecule has 0 saturated carbocycles. The van der Waals surface area contributed by atoms with Crippen molar-refractivity contribution in [2.75, 3.05) is 13.7 Å². The van der Waals surface area contributed by atoms with E-state index in [-0.39, 0.29) is 11.9 Å². The molecule has 25 heavy (non-hydrogen) atoms. The van der Waals surface area contributed by atoms with Gasteiger partial charge in [-0.05, 0) is 31.0 Å². The zero-order valence-electron chi connectivity index (χ0n) is 13.7. The smallest absolute Gasteiger partial charge is 0.257 e. The summed E-state index contributed by atoms with van der Waals surface area (Å²) in [6, 6.07) is 8.90. The van der Waals surface area contributed by atoms with Gasteiger partial charge in [0.05, 0.1) is 18.9 Å². The lowest BCUT2D eigenvalue weighted by Crippen LogP contribution is -2.30. The lowest BCUT2D eigenvalue weighted by molar-refractivity contribution is 0.0709. The second-order valence-electron chi connectivity index (χ2n) is 5.86. The van der Waals surface area contributed by atoms with E-state index in [1.54, 1.807) is 18.1 Å². The number of aromatic nitrogens is 2. The van der Waals surface area contributed by atoms with Crippen molar-refractivity contribution in [2.45, 2.75) is 18.9 Å². The van der Waals surface area contributed by atoms with Crippen LogP contribution in [0.1, 0.15) is 35.1 Å². The average molecular weight is 339 g/mol. The third-order valence-corrected chi connectivity index (χ3v) is 4.34. The Morgan fingerprint density at radius 3 is 3.08 bits per heavy atom. The van der Waals surface area contributed by atoms with Gasteiger partial charge in [-0.3, -0.25) is 4.79 Å². The maximum atomic E-state index is 12.6. The highest BCUT2D eigenvalue weighted by atomic mass is 16.5. The normalized spacial score (nSPS) is 17.0. The highest BCUT2D eigenvalue weighted by molar-refractivity contribution is 5.94. The van der Waals surface area contributed by atoms with Gasteiger partial charge in [0, 0.05) is 12.1 Å². The minimum atomic E-state index is -0.214. The fraction of sp³-hybridized carbons (Fsp3) is 0.278. The summed E-state index contributed by atoms with van der Waals surface area (Å²) in [5.41, 5.74) is 1.33. The first-order chi connectivity index (χ1) is 12.3. The summed E-state index contributed by atoms with van der Waals surface area (Å²) >= 11 is 0. The first-order valence-corrected chi connectivity index (χ1v) is 8.07. The molecule has 1 saturated heterocycles. The lowest BCUT2D eigenvalue weighted by Gasteiger charge is -2.20. The second-order valence-corrected chi connectivity index (χ2v) is 5.86. The van der Waals surface area contributed by atoms with E-state index in [4.69, 9.17) is 13.7 Å². The number of rotatable bonds is 4. The molecule has 0 radical (unpaired) electrons. The Morgan fingerprint density at radius 2 is 2.28 bits per heavy atom. The van der Waals surface area contributed by atoms with Crippen LogP contribution in [0.2, 0.25) is 0 Å². The molecule has 3 heterocycles. The summed E-state index contributed by atoms with van der Waals surface area (Å²) in [7, 11) is 1.61. The molecule has 0 N–H and O–H groups in total. The number of carbonyl (C=O) groups excluding carboxylic acids is 1. The van der Waals surface area contributed by atoms with Gasteiger partial charge in [-0.25, -0.2) is 0 Å². The zero-order chi connectivity index (χ0) is 17.2. The standard InChI is InChI=1S/C18H17N3O4/c1-23-14-5-2-4-12(10-14)16-19-17(25-20-16)15-6-3-8-21(15)18(22)13-7-9-24-11-13/h2,4-5,7,9-11,15H,3,6,8H2,1H3/t15-/m1/s1. The van der Waals surface area contributed by atoms with Gasteiger partial charge in [-0.15, -0.1) is 0 Å². The summed E-state index contributed by atoms with van der Waals surface area (Å²) in [6.45, 7) is 0.658. The van der Waals surface area contributed by atoms with Crippen LogP contribution in [0.5, 0.6) is 5.75 Å². The van der Waals surface area contributed by atoms with Crippen LogP contribution in [0, 0.1) is 0 Å². The molecular formula is C18H17N3O4. The van der Waals surface area contributed by atoms with E-state index in [0.717, 1.165) is 24.2 Å². The van der Waals surface area contributed by atoms with Gasteiger partial charge in [0.2, 0.25) is 11.7 Å². The van der Waals surface area contributed by atoms with E-state index in [1.165, 1.54) is 12.5 Å². The minimum absolute atomic E-state index is 0.0858. The number of methoxy groups -OCH3 is 1. The molecule has 1 aliphatic rings. The average Bonchev–Trinajstić information content (AvgIpc) is 3.41. The molecule has 0 unspecified atom stereocenters. The van der Waals surface area contributed by atoms with Crippen LogP contribution in [0.25, 0.3) is 11.4 Å². The van der Waals surface area contributed by atoms with Gasteiger partial charge >= 0.3 is 0 Å². The summed E-state index contributed by atoms with van der Waals surface area (Å²) in [5.74, 6) is 1.57. The molecule has 1 aromatic carbocycles. The summed E-state index contributed by atoms with van der Waals surface area (Å²) in [4.78, 5) is 18.9. The van der Waals surface area contributed by atoms with Crippen molar-refractivity contribution in [3.63, 3.8) is 0 Å². The van der Waals surface area contributed by atoms with E-state index in [9.17, 15) is 4.79 Å². The topological polar surface area (TPSA) is 81.6 Å². The maximum absolute atomic E-state index is 12.6. The number of hydrogen-bond donors (Lipinski definition) is 0. The van der Waals surface area contributed by atoms with E-state index in [2.05, 4.69) is 10.1 Å². The van der Waals surface area contributed by atoms with Crippen molar-refractivity contribution < 1.29 is 18.5 Å². The van der Waals surface area contributed by atoms with Crippen LogP contribution >= 0.6 is 0 Å². The molecule has 2 aromatic heterocycles. The number of carbonyl (C=O) groups is 1. The summed E-state index contributed by atoms with van der Waals surface area (Å²) in [5, 5.41) is 4.06. The van der Waals surface area contributed by atoms with Crippen LogP contribution in [-0.2, 0) is 0 Å². The van der Waals surface area contributed by atoms with Crippen molar-refractivity contribution in [3.05, 3.63) is 54.3 Å². The van der Waals surface area contributed by atoms with Crippen LogP contribution in [0.3, 0.4) is 0 Å². The predicted octanol–water partition coefficient (Wildman–Crippen LogP) is 3.32. The van der Waals surface area contributed by atoms with Crippen LogP contribution in [0.15, 0.2) is 51.8 Å². The van der Waals surface area contributed by atoms with Crippen molar-refractivity contribution >= 4 is 5.91 Å². The van der Waals surface area contributed by atoms with Crippen LogP contribution in [0.4, 0.5) is 0 Å². The van der Waals surface area contributed by atoms with Crippen molar-refractivity contribution in [3.8, 4) is 17.1 Å². The van der Waals surface area contributed by atoms with Crippen molar-refractivity contribution in [2.24, 2.45) is 0 Å². The molecule has 3 aromatic rings. The van der Waals surface area contributed by atoms with Gasteiger partial charge < -0.3 is 18.6 Å². The Labute approximate surface area is 144 Å². The number of benzene rings is 1. The molecule has 7 heteroatoms. The fourth-order valence-electron chi connectivity index (χ4n) is 3.07. The molecule has 1 aliphatic heterocycles. The molecule has 128 valence electrons. The monoisotopic (exact) mass is 339 g/mol. The molecular weight excluding hydrogens is 322 g/mol.